The third kappa shape index (κ3) is 3.52. The third-order valence-electron chi connectivity index (χ3n) is 2.39. The number of halogens is 1. The van der Waals surface area contributed by atoms with Gasteiger partial charge in [0, 0.05) is 26.0 Å². The first-order valence-corrected chi connectivity index (χ1v) is 8.26. The molecule has 6 heteroatoms. The van der Waals surface area contributed by atoms with Gasteiger partial charge in [0.1, 0.15) is 10.9 Å². The van der Waals surface area contributed by atoms with Crippen LogP contribution in [0, 0.1) is 5.41 Å². The minimum Gasteiger partial charge on any atom is -0.384 e. The quantitative estimate of drug-likeness (QED) is 0.495. The molecule has 2 rings (SSSR count). The van der Waals surface area contributed by atoms with Crippen LogP contribution < -0.4 is 5.73 Å². The van der Waals surface area contributed by atoms with Crippen LogP contribution in [0.2, 0.25) is 0 Å². The van der Waals surface area contributed by atoms with E-state index in [4.69, 9.17) is 11.1 Å². The second-order valence-corrected chi connectivity index (χ2v) is 6.49. The van der Waals surface area contributed by atoms with Crippen molar-refractivity contribution in [1.29, 1.82) is 5.41 Å². The third-order valence-corrected chi connectivity index (χ3v) is 4.65. The Hall–Kier alpha value is -0.980. The highest BCUT2D eigenvalue weighted by atomic mass is 79.9. The largest absolute Gasteiger partial charge is 0.384 e. The molecule has 1 aromatic carbocycles. The minimum absolute atomic E-state index is 0.0876. The molecule has 2 aromatic rings. The van der Waals surface area contributed by atoms with Crippen molar-refractivity contribution in [2.24, 2.45) is 5.73 Å². The van der Waals surface area contributed by atoms with E-state index in [-0.39, 0.29) is 5.84 Å². The summed E-state index contributed by atoms with van der Waals surface area (Å²) < 4.78 is 0.946. The number of thioether (sulfide) groups is 1. The summed E-state index contributed by atoms with van der Waals surface area (Å²) in [6.07, 6.45) is 3.74. The lowest BCUT2D eigenvalue weighted by molar-refractivity contribution is 1.12. The highest BCUT2D eigenvalue weighted by Crippen LogP contribution is 2.33. The number of aromatic nitrogens is 1. The molecule has 0 aliphatic heterocycles. The molecule has 0 atom stereocenters. The average Bonchev–Trinajstić information content (AvgIpc) is 2.40. The predicted octanol–water partition coefficient (Wildman–Crippen LogP) is 4.00. The van der Waals surface area contributed by atoms with Gasteiger partial charge in [-0.3, -0.25) is 5.41 Å². The molecular formula is C13H12BrN3S2. The fourth-order valence-electron chi connectivity index (χ4n) is 1.57. The van der Waals surface area contributed by atoms with Crippen LogP contribution in [0.15, 0.2) is 55.8 Å². The van der Waals surface area contributed by atoms with Crippen molar-refractivity contribution >= 4 is 45.3 Å². The Balaban J connectivity index is 2.39. The Labute approximate surface area is 129 Å². The van der Waals surface area contributed by atoms with E-state index in [2.05, 4.69) is 20.9 Å². The molecule has 0 unspecified atom stereocenters. The smallest absolute Gasteiger partial charge is 0.125 e. The zero-order chi connectivity index (χ0) is 13.8. The van der Waals surface area contributed by atoms with Gasteiger partial charge in [0.25, 0.3) is 0 Å². The fourth-order valence-corrected chi connectivity index (χ4v) is 3.44. The number of pyridine rings is 1. The van der Waals surface area contributed by atoms with E-state index in [0.717, 1.165) is 24.9 Å². The van der Waals surface area contributed by atoms with Gasteiger partial charge >= 0.3 is 0 Å². The second kappa shape index (κ2) is 6.45. The lowest BCUT2D eigenvalue weighted by Crippen LogP contribution is -2.13. The Morgan fingerprint density at radius 2 is 2.00 bits per heavy atom. The molecule has 0 aliphatic carbocycles. The Bertz CT molecular complexity index is 599. The van der Waals surface area contributed by atoms with Crippen LogP contribution in [0.4, 0.5) is 0 Å². The monoisotopic (exact) mass is 353 g/mol. The summed E-state index contributed by atoms with van der Waals surface area (Å²) >= 11 is 6.47. The predicted molar refractivity (Wildman–Crippen MR) is 85.3 cm³/mol. The average molecular weight is 354 g/mol. The summed E-state index contributed by atoms with van der Waals surface area (Å²) in [5, 5.41) is 8.62. The van der Waals surface area contributed by atoms with Crippen LogP contribution in [0.25, 0.3) is 0 Å². The van der Waals surface area contributed by atoms with Crippen LogP contribution >= 0.6 is 39.5 Å². The molecule has 3 nitrogen and oxygen atoms in total. The molecule has 0 amide bonds. The van der Waals surface area contributed by atoms with E-state index in [1.165, 1.54) is 11.8 Å². The number of nitrogens with two attached hydrogens (primary N) is 1. The van der Waals surface area contributed by atoms with Gasteiger partial charge in [-0.15, -0.1) is 11.8 Å². The van der Waals surface area contributed by atoms with Crippen LogP contribution in [0.5, 0.6) is 0 Å². The zero-order valence-corrected chi connectivity index (χ0v) is 13.4. The van der Waals surface area contributed by atoms with Crippen molar-refractivity contribution < 1.29 is 0 Å². The zero-order valence-electron chi connectivity index (χ0n) is 10.2. The van der Waals surface area contributed by atoms with Gasteiger partial charge in [0.05, 0.1) is 0 Å². The number of nitrogen functional groups attached to an aromatic ring is 1. The molecule has 0 fully saturated rings. The number of benzene rings is 1. The highest BCUT2D eigenvalue weighted by molar-refractivity contribution is 9.10. The van der Waals surface area contributed by atoms with Crippen molar-refractivity contribution in [2.75, 3.05) is 6.26 Å². The molecule has 1 heterocycles. The van der Waals surface area contributed by atoms with E-state index in [9.17, 15) is 0 Å². The first kappa shape index (κ1) is 14.4. The second-order valence-electron chi connectivity index (χ2n) is 3.66. The van der Waals surface area contributed by atoms with Crippen LogP contribution in [-0.2, 0) is 0 Å². The first-order valence-electron chi connectivity index (χ1n) is 5.42. The molecule has 98 valence electrons. The number of hydrogen-bond acceptors (Lipinski definition) is 4. The minimum atomic E-state index is 0.0876. The van der Waals surface area contributed by atoms with Crippen molar-refractivity contribution in [3.63, 3.8) is 0 Å². The van der Waals surface area contributed by atoms with E-state index in [0.29, 0.717) is 0 Å². The summed E-state index contributed by atoms with van der Waals surface area (Å²) in [7, 11) is 0. The van der Waals surface area contributed by atoms with Gasteiger partial charge in [-0.05, 0) is 46.5 Å². The number of rotatable bonds is 4. The van der Waals surface area contributed by atoms with Crippen molar-refractivity contribution in [1.82, 2.24) is 4.98 Å². The molecule has 0 saturated heterocycles. The summed E-state index contributed by atoms with van der Waals surface area (Å²) in [6.45, 7) is 0. The maximum atomic E-state index is 7.74. The van der Waals surface area contributed by atoms with Gasteiger partial charge in [-0.2, -0.15) is 0 Å². The maximum Gasteiger partial charge on any atom is 0.125 e. The lowest BCUT2D eigenvalue weighted by Gasteiger charge is -2.11. The molecule has 3 N–H and O–H groups in total. The van der Waals surface area contributed by atoms with Crippen molar-refractivity contribution in [3.05, 3.63) is 46.6 Å². The number of hydrogen-bond donors (Lipinski definition) is 2. The Kier molecular flexibility index (Phi) is 4.90. The molecule has 0 spiro atoms. The molecule has 0 aliphatic rings. The van der Waals surface area contributed by atoms with Gasteiger partial charge in [0.15, 0.2) is 0 Å². The van der Waals surface area contributed by atoms with Gasteiger partial charge < -0.3 is 5.73 Å². The topological polar surface area (TPSA) is 62.8 Å². The van der Waals surface area contributed by atoms with Crippen LogP contribution in [0.1, 0.15) is 5.56 Å². The summed E-state index contributed by atoms with van der Waals surface area (Å²) in [5.74, 6) is 0.0876. The van der Waals surface area contributed by atoms with E-state index in [1.807, 2.05) is 36.6 Å². The SMILES string of the molecule is CSc1cccc(Sc2ccc(Br)cn2)c1C(=N)N. The Morgan fingerprint density at radius 1 is 1.26 bits per heavy atom. The highest BCUT2D eigenvalue weighted by Gasteiger charge is 2.12. The molecule has 19 heavy (non-hydrogen) atoms. The lowest BCUT2D eigenvalue weighted by atomic mass is 10.2. The first-order chi connectivity index (χ1) is 9.11. The summed E-state index contributed by atoms with van der Waals surface area (Å²) in [6, 6.07) is 9.79. The van der Waals surface area contributed by atoms with Gasteiger partial charge in [-0.1, -0.05) is 17.8 Å². The molecule has 0 radical (unpaired) electrons. The number of amidine groups is 1. The van der Waals surface area contributed by atoms with Crippen molar-refractivity contribution in [2.45, 2.75) is 14.8 Å². The number of nitrogens with zero attached hydrogens (tertiary/aromatic N) is 1. The van der Waals surface area contributed by atoms with Crippen LogP contribution in [-0.4, -0.2) is 17.1 Å². The molecule has 0 bridgehead atoms. The summed E-state index contributed by atoms with van der Waals surface area (Å²) in [4.78, 5) is 6.29. The fraction of sp³-hybridized carbons (Fsp3) is 0.0769. The van der Waals surface area contributed by atoms with Crippen molar-refractivity contribution in [3.8, 4) is 0 Å². The molecule has 0 saturated carbocycles. The maximum absolute atomic E-state index is 7.74. The van der Waals surface area contributed by atoms with Crippen LogP contribution in [0.3, 0.4) is 0 Å². The Morgan fingerprint density at radius 3 is 2.58 bits per heavy atom. The molecule has 1 aromatic heterocycles. The normalized spacial score (nSPS) is 10.4. The van der Waals surface area contributed by atoms with E-state index in [1.54, 1.807) is 18.0 Å². The van der Waals surface area contributed by atoms with Gasteiger partial charge in [-0.25, -0.2) is 4.98 Å². The standard InChI is InChI=1S/C13H12BrN3S2/c1-18-9-3-2-4-10(12(9)13(15)16)19-11-6-5-8(14)7-17-11/h2-7H,1H3,(H3,15,16). The number of nitrogens with one attached hydrogen (secondary N) is 1. The van der Waals surface area contributed by atoms with Gasteiger partial charge in [0.2, 0.25) is 0 Å². The molecular weight excluding hydrogens is 342 g/mol. The van der Waals surface area contributed by atoms with E-state index < -0.39 is 0 Å². The van der Waals surface area contributed by atoms with E-state index >= 15 is 0 Å². The summed E-state index contributed by atoms with van der Waals surface area (Å²) in [5.41, 5.74) is 6.48.